The second-order valence-corrected chi connectivity index (χ2v) is 6.60. The van der Waals surface area contributed by atoms with E-state index in [4.69, 9.17) is 0 Å². The van der Waals surface area contributed by atoms with E-state index in [1.807, 2.05) is 0 Å². The molecule has 2 atom stereocenters. The third-order valence-corrected chi connectivity index (χ3v) is 4.63. The first-order valence-corrected chi connectivity index (χ1v) is 7.43. The summed E-state index contributed by atoms with van der Waals surface area (Å²) in [6.45, 7) is 2.07. The summed E-state index contributed by atoms with van der Waals surface area (Å²) in [5.41, 5.74) is 0. The summed E-state index contributed by atoms with van der Waals surface area (Å²) in [4.78, 5) is 4.06. The molecule has 6 heteroatoms. The maximum Gasteiger partial charge on any atom is 0.242 e. The van der Waals surface area contributed by atoms with E-state index in [1.165, 1.54) is 6.20 Å². The van der Waals surface area contributed by atoms with E-state index >= 15 is 0 Å². The Morgan fingerprint density at radius 2 is 2.31 bits per heavy atom. The molecule has 1 N–H and O–H groups in total. The van der Waals surface area contributed by atoms with E-state index in [9.17, 15) is 8.42 Å². The minimum atomic E-state index is -3.41. The van der Waals surface area contributed by atoms with Gasteiger partial charge in [0.25, 0.3) is 0 Å². The molecule has 4 nitrogen and oxygen atoms in total. The number of sulfonamides is 1. The Morgan fingerprint density at radius 3 is 2.88 bits per heavy atom. The van der Waals surface area contributed by atoms with Crippen LogP contribution in [-0.2, 0) is 10.0 Å². The van der Waals surface area contributed by atoms with Gasteiger partial charge >= 0.3 is 0 Å². The smallest absolute Gasteiger partial charge is 0.242 e. The van der Waals surface area contributed by atoms with Crippen molar-refractivity contribution in [3.63, 3.8) is 0 Å². The minimum Gasteiger partial charge on any atom is -0.262 e. The molecule has 16 heavy (non-hydrogen) atoms. The van der Waals surface area contributed by atoms with Crippen LogP contribution in [0.1, 0.15) is 19.8 Å². The number of hydrogen-bond donors (Lipinski definition) is 1. The van der Waals surface area contributed by atoms with Gasteiger partial charge in [0.2, 0.25) is 10.0 Å². The van der Waals surface area contributed by atoms with Crippen LogP contribution < -0.4 is 4.72 Å². The number of nitrogens with one attached hydrogen (secondary N) is 1. The van der Waals surface area contributed by atoms with Crippen molar-refractivity contribution in [1.82, 2.24) is 9.71 Å². The molecule has 0 aliphatic heterocycles. The molecular formula is C10H13BrN2O2S. The highest BCUT2D eigenvalue weighted by Gasteiger charge is 2.38. The van der Waals surface area contributed by atoms with E-state index < -0.39 is 10.0 Å². The van der Waals surface area contributed by atoms with Crippen molar-refractivity contribution in [2.24, 2.45) is 5.92 Å². The summed E-state index contributed by atoms with van der Waals surface area (Å²) in [7, 11) is -3.41. The highest BCUT2D eigenvalue weighted by molar-refractivity contribution is 9.10. The van der Waals surface area contributed by atoms with Gasteiger partial charge in [-0.2, -0.15) is 0 Å². The molecule has 1 aliphatic rings. The predicted molar refractivity (Wildman–Crippen MR) is 64.4 cm³/mol. The van der Waals surface area contributed by atoms with Gasteiger partial charge < -0.3 is 0 Å². The molecule has 2 rings (SSSR count). The maximum atomic E-state index is 11.9. The predicted octanol–water partition coefficient (Wildman–Crippen LogP) is 1.92. The Kier molecular flexibility index (Phi) is 3.32. The third-order valence-electron chi connectivity index (χ3n) is 2.74. The molecule has 1 heterocycles. The number of nitrogens with zero attached hydrogens (tertiary/aromatic N) is 1. The zero-order chi connectivity index (χ0) is 11.8. The number of hydrogen-bond acceptors (Lipinski definition) is 3. The highest BCUT2D eigenvalue weighted by Crippen LogP contribution is 2.34. The first-order valence-electron chi connectivity index (χ1n) is 5.16. The lowest BCUT2D eigenvalue weighted by Crippen LogP contribution is -2.27. The summed E-state index contributed by atoms with van der Waals surface area (Å²) >= 11 is 3.21. The molecule has 0 amide bonds. The van der Waals surface area contributed by atoms with Crippen molar-refractivity contribution in [1.29, 1.82) is 0 Å². The van der Waals surface area contributed by atoms with Gasteiger partial charge in [0.15, 0.2) is 0 Å². The molecule has 88 valence electrons. The number of rotatable bonds is 4. The summed E-state index contributed by atoms with van der Waals surface area (Å²) in [6, 6.07) is 1.66. The van der Waals surface area contributed by atoms with Crippen molar-refractivity contribution >= 4 is 26.0 Å². The SMILES string of the molecule is CCC1CC1NS(=O)(=O)c1cncc(Br)c1. The number of pyridine rings is 1. The molecule has 0 spiro atoms. The lowest BCUT2D eigenvalue weighted by molar-refractivity contribution is 0.575. The van der Waals surface area contributed by atoms with Crippen molar-refractivity contribution in [3.8, 4) is 0 Å². The van der Waals surface area contributed by atoms with Crippen LogP contribution in [0.15, 0.2) is 27.8 Å². The van der Waals surface area contributed by atoms with Crippen LogP contribution in [0.3, 0.4) is 0 Å². The number of aromatic nitrogens is 1. The quantitative estimate of drug-likeness (QED) is 0.924. The number of halogens is 1. The normalized spacial score (nSPS) is 24.4. The van der Waals surface area contributed by atoms with Gasteiger partial charge in [-0.1, -0.05) is 13.3 Å². The fourth-order valence-corrected chi connectivity index (χ4v) is 3.47. The average molecular weight is 305 g/mol. The molecule has 0 saturated heterocycles. The first-order chi connectivity index (χ1) is 7.53. The fraction of sp³-hybridized carbons (Fsp3) is 0.500. The second-order valence-electron chi connectivity index (χ2n) is 3.97. The maximum absolute atomic E-state index is 11.9. The van der Waals surface area contributed by atoms with Crippen LogP contribution in [0, 0.1) is 5.92 Å². The third kappa shape index (κ3) is 2.61. The molecule has 1 aliphatic carbocycles. The summed E-state index contributed by atoms with van der Waals surface area (Å²) in [6.07, 6.45) is 4.88. The van der Waals surface area contributed by atoms with Crippen LogP contribution in [0.5, 0.6) is 0 Å². The van der Waals surface area contributed by atoms with E-state index in [0.717, 1.165) is 12.8 Å². The van der Waals surface area contributed by atoms with Crippen LogP contribution in [0.25, 0.3) is 0 Å². The Morgan fingerprint density at radius 1 is 1.56 bits per heavy atom. The summed E-state index contributed by atoms with van der Waals surface area (Å²) in [5.74, 6) is 0.495. The monoisotopic (exact) mass is 304 g/mol. The van der Waals surface area contributed by atoms with Gasteiger partial charge in [-0.25, -0.2) is 13.1 Å². The van der Waals surface area contributed by atoms with Crippen LogP contribution >= 0.6 is 15.9 Å². The van der Waals surface area contributed by atoms with Gasteiger partial charge in [0, 0.05) is 22.9 Å². The fourth-order valence-electron chi connectivity index (χ4n) is 1.65. The molecule has 0 bridgehead atoms. The lowest BCUT2D eigenvalue weighted by Gasteiger charge is -2.05. The van der Waals surface area contributed by atoms with E-state index in [0.29, 0.717) is 10.4 Å². The van der Waals surface area contributed by atoms with Gasteiger partial charge in [0.1, 0.15) is 4.90 Å². The van der Waals surface area contributed by atoms with Crippen LogP contribution in [0.4, 0.5) is 0 Å². The highest BCUT2D eigenvalue weighted by atomic mass is 79.9. The lowest BCUT2D eigenvalue weighted by atomic mass is 10.3. The standard InChI is InChI=1S/C10H13BrN2O2S/c1-2-7-3-10(7)13-16(14,15)9-4-8(11)5-12-6-9/h4-7,10,13H,2-3H2,1H3. The van der Waals surface area contributed by atoms with E-state index in [1.54, 1.807) is 12.3 Å². The van der Waals surface area contributed by atoms with E-state index in [-0.39, 0.29) is 10.9 Å². The Balaban J connectivity index is 2.14. The van der Waals surface area contributed by atoms with Gasteiger partial charge in [-0.3, -0.25) is 4.98 Å². The van der Waals surface area contributed by atoms with Crippen molar-refractivity contribution in [3.05, 3.63) is 22.9 Å². The zero-order valence-corrected chi connectivity index (χ0v) is 11.3. The van der Waals surface area contributed by atoms with Crippen molar-refractivity contribution in [2.45, 2.75) is 30.7 Å². The minimum absolute atomic E-state index is 0.106. The Hall–Kier alpha value is -0.460. The molecule has 0 radical (unpaired) electrons. The molecule has 1 fully saturated rings. The largest absolute Gasteiger partial charge is 0.262 e. The molecule has 0 aromatic carbocycles. The second kappa shape index (κ2) is 4.43. The van der Waals surface area contributed by atoms with Crippen molar-refractivity contribution < 1.29 is 8.42 Å². The molecular weight excluding hydrogens is 292 g/mol. The zero-order valence-electron chi connectivity index (χ0n) is 8.85. The van der Waals surface area contributed by atoms with Crippen LogP contribution in [-0.4, -0.2) is 19.4 Å². The average Bonchev–Trinajstić information content (AvgIpc) is 2.95. The van der Waals surface area contributed by atoms with E-state index in [2.05, 4.69) is 32.6 Å². The van der Waals surface area contributed by atoms with Gasteiger partial charge in [-0.05, 0) is 34.3 Å². The Bertz CT molecular complexity index is 489. The Labute approximate surface area is 104 Å². The molecule has 1 aromatic rings. The topological polar surface area (TPSA) is 59.1 Å². The van der Waals surface area contributed by atoms with Gasteiger partial charge in [-0.15, -0.1) is 0 Å². The first kappa shape index (κ1) is 12.0. The van der Waals surface area contributed by atoms with Crippen molar-refractivity contribution in [2.75, 3.05) is 0 Å². The van der Waals surface area contributed by atoms with Gasteiger partial charge in [0.05, 0.1) is 0 Å². The molecule has 2 unspecified atom stereocenters. The van der Waals surface area contributed by atoms with Crippen LogP contribution in [0.2, 0.25) is 0 Å². The molecule has 1 aromatic heterocycles. The molecule has 1 saturated carbocycles. The summed E-state index contributed by atoms with van der Waals surface area (Å²) in [5, 5.41) is 0. The summed E-state index contributed by atoms with van der Waals surface area (Å²) < 4.78 is 27.2.